The summed E-state index contributed by atoms with van der Waals surface area (Å²) in [5, 5.41) is 0. The monoisotopic (exact) mass is 493 g/mol. The van der Waals surface area contributed by atoms with Crippen molar-refractivity contribution in [3.63, 3.8) is 0 Å². The van der Waals surface area contributed by atoms with Crippen LogP contribution in [-0.4, -0.2) is 47.4 Å². The van der Waals surface area contributed by atoms with Crippen LogP contribution in [-0.2, 0) is 11.3 Å². The quantitative estimate of drug-likeness (QED) is 0.325. The summed E-state index contributed by atoms with van der Waals surface area (Å²) in [5.74, 6) is -0.624. The molecule has 0 aliphatic carbocycles. The Bertz CT molecular complexity index is 1290. The molecule has 0 N–H and O–H groups in total. The fourth-order valence-electron chi connectivity index (χ4n) is 5.25. The highest BCUT2D eigenvalue weighted by Crippen LogP contribution is 2.29. The van der Waals surface area contributed by atoms with E-state index in [-0.39, 0.29) is 22.1 Å². The highest BCUT2D eigenvalue weighted by Gasteiger charge is 2.43. The van der Waals surface area contributed by atoms with E-state index in [1.165, 1.54) is 12.1 Å². The zero-order chi connectivity index (χ0) is 25.7. The van der Waals surface area contributed by atoms with Crippen molar-refractivity contribution in [2.45, 2.75) is 12.5 Å². The fraction of sp³-hybridized carbons (Fsp3) is 0.188. The van der Waals surface area contributed by atoms with Crippen LogP contribution in [0.2, 0.25) is 0 Å². The standard InChI is InChI=1S/C32H30FN2O2/c33-29-18-16-25(17-19-29)24-35(32(37)28-14-8-3-9-15-28)22-20-34(21-23-35)31(36)30(26-10-4-1-5-11-26)27-12-6-2-7-13-27/h1-19,30H,20-24H2/q+1. The van der Waals surface area contributed by atoms with Gasteiger partial charge < -0.3 is 4.90 Å². The predicted octanol–water partition coefficient (Wildman–Crippen LogP) is 5.66. The summed E-state index contributed by atoms with van der Waals surface area (Å²) in [6.07, 6.45) is 0. The zero-order valence-corrected chi connectivity index (χ0v) is 20.7. The molecular formula is C32H30FN2O2+. The van der Waals surface area contributed by atoms with E-state index < -0.39 is 5.92 Å². The summed E-state index contributed by atoms with van der Waals surface area (Å²) >= 11 is 0. The molecule has 0 saturated carbocycles. The van der Waals surface area contributed by atoms with Gasteiger partial charge in [0.2, 0.25) is 5.91 Å². The molecule has 1 aliphatic rings. The van der Waals surface area contributed by atoms with Crippen molar-refractivity contribution in [3.05, 3.63) is 143 Å². The van der Waals surface area contributed by atoms with Crippen molar-refractivity contribution in [1.29, 1.82) is 0 Å². The van der Waals surface area contributed by atoms with Gasteiger partial charge in [0.1, 0.15) is 25.5 Å². The van der Waals surface area contributed by atoms with E-state index in [0.29, 0.717) is 38.3 Å². The fourth-order valence-corrected chi connectivity index (χ4v) is 5.25. The second kappa shape index (κ2) is 10.9. The Kier molecular flexibility index (Phi) is 7.24. The smallest absolute Gasteiger partial charge is 0.331 e. The first kappa shape index (κ1) is 24.6. The van der Waals surface area contributed by atoms with Crippen molar-refractivity contribution >= 4 is 11.8 Å². The third-order valence-corrected chi connectivity index (χ3v) is 7.27. The number of carbonyl (C=O) groups excluding carboxylic acids is 2. The van der Waals surface area contributed by atoms with Crippen LogP contribution in [0.1, 0.15) is 33.0 Å². The first-order chi connectivity index (χ1) is 18.1. The van der Waals surface area contributed by atoms with Crippen LogP contribution in [0.4, 0.5) is 4.39 Å². The maximum absolute atomic E-state index is 13.9. The minimum Gasteiger partial charge on any atom is -0.331 e. The van der Waals surface area contributed by atoms with E-state index in [4.69, 9.17) is 0 Å². The lowest BCUT2D eigenvalue weighted by Gasteiger charge is -2.43. The second-order valence-corrected chi connectivity index (χ2v) is 9.63. The molecule has 5 rings (SSSR count). The molecule has 1 fully saturated rings. The van der Waals surface area contributed by atoms with Gasteiger partial charge >= 0.3 is 5.91 Å². The third-order valence-electron chi connectivity index (χ3n) is 7.27. The van der Waals surface area contributed by atoms with E-state index >= 15 is 0 Å². The zero-order valence-electron chi connectivity index (χ0n) is 20.7. The van der Waals surface area contributed by atoms with Gasteiger partial charge in [-0.1, -0.05) is 91.0 Å². The van der Waals surface area contributed by atoms with Gasteiger partial charge in [0.25, 0.3) is 0 Å². The largest absolute Gasteiger partial charge is 0.346 e. The summed E-state index contributed by atoms with van der Waals surface area (Å²) in [7, 11) is 0. The van der Waals surface area contributed by atoms with Crippen LogP contribution in [0.3, 0.4) is 0 Å². The van der Waals surface area contributed by atoms with E-state index in [1.807, 2.05) is 95.9 Å². The van der Waals surface area contributed by atoms with Crippen LogP contribution in [0.15, 0.2) is 115 Å². The maximum Gasteiger partial charge on any atom is 0.346 e. The predicted molar refractivity (Wildman–Crippen MR) is 142 cm³/mol. The molecule has 4 aromatic carbocycles. The lowest BCUT2D eigenvalue weighted by molar-refractivity contribution is -0.866. The van der Waals surface area contributed by atoms with Gasteiger partial charge in [0, 0.05) is 5.56 Å². The number of piperazine rings is 1. The van der Waals surface area contributed by atoms with E-state index in [1.54, 1.807) is 12.1 Å². The normalized spacial score (nSPS) is 14.9. The third kappa shape index (κ3) is 5.37. The molecule has 37 heavy (non-hydrogen) atoms. The minimum absolute atomic E-state index is 0.0275. The Labute approximate surface area is 217 Å². The Morgan fingerprint density at radius 3 is 1.70 bits per heavy atom. The molecule has 4 nitrogen and oxygen atoms in total. The molecule has 0 spiro atoms. The van der Waals surface area contributed by atoms with Crippen LogP contribution in [0.25, 0.3) is 0 Å². The van der Waals surface area contributed by atoms with Crippen molar-refractivity contribution < 1.29 is 18.5 Å². The van der Waals surface area contributed by atoms with E-state index in [9.17, 15) is 14.0 Å². The average Bonchev–Trinajstić information content (AvgIpc) is 2.96. The molecule has 1 aliphatic heterocycles. The summed E-state index contributed by atoms with van der Waals surface area (Å²) in [6.45, 7) is 2.38. The molecule has 5 heteroatoms. The molecule has 0 radical (unpaired) electrons. The van der Waals surface area contributed by atoms with Crippen LogP contribution < -0.4 is 0 Å². The number of rotatable bonds is 6. The topological polar surface area (TPSA) is 37.4 Å². The summed E-state index contributed by atoms with van der Waals surface area (Å²) in [4.78, 5) is 29.7. The number of benzene rings is 4. The number of hydrogen-bond donors (Lipinski definition) is 0. The number of carbonyl (C=O) groups is 2. The first-order valence-corrected chi connectivity index (χ1v) is 12.6. The molecule has 0 atom stereocenters. The van der Waals surface area contributed by atoms with Gasteiger partial charge in [-0.15, -0.1) is 0 Å². The van der Waals surface area contributed by atoms with Gasteiger partial charge in [-0.2, -0.15) is 0 Å². The summed E-state index contributed by atoms with van der Waals surface area (Å²) in [5.41, 5.74) is 3.46. The number of amides is 2. The number of hydrogen-bond acceptors (Lipinski definition) is 2. The highest BCUT2D eigenvalue weighted by atomic mass is 19.1. The molecular weight excluding hydrogens is 463 g/mol. The Hall–Kier alpha value is -4.09. The number of nitrogens with zero attached hydrogens (tertiary/aromatic N) is 2. The molecule has 4 aromatic rings. The molecule has 2 amide bonds. The van der Waals surface area contributed by atoms with Crippen LogP contribution in [0, 0.1) is 5.82 Å². The number of quaternary nitrogens is 1. The van der Waals surface area contributed by atoms with Crippen LogP contribution in [0.5, 0.6) is 0 Å². The molecule has 0 bridgehead atoms. The molecule has 0 aromatic heterocycles. The van der Waals surface area contributed by atoms with Gasteiger partial charge in [0.15, 0.2) is 0 Å². The van der Waals surface area contributed by atoms with Gasteiger partial charge in [0.05, 0.1) is 24.6 Å². The maximum atomic E-state index is 13.9. The van der Waals surface area contributed by atoms with E-state index in [2.05, 4.69) is 0 Å². The lowest BCUT2D eigenvalue weighted by Crippen LogP contribution is -2.63. The van der Waals surface area contributed by atoms with Crippen LogP contribution >= 0.6 is 0 Å². The van der Waals surface area contributed by atoms with Gasteiger partial charge in [-0.3, -0.25) is 4.79 Å². The Morgan fingerprint density at radius 1 is 0.703 bits per heavy atom. The minimum atomic E-state index is -0.399. The van der Waals surface area contributed by atoms with E-state index in [0.717, 1.165) is 16.7 Å². The first-order valence-electron chi connectivity index (χ1n) is 12.6. The van der Waals surface area contributed by atoms with Crippen molar-refractivity contribution in [3.8, 4) is 0 Å². The molecule has 186 valence electrons. The number of halogens is 1. The Morgan fingerprint density at radius 2 is 1.19 bits per heavy atom. The highest BCUT2D eigenvalue weighted by molar-refractivity contribution is 5.90. The average molecular weight is 494 g/mol. The second-order valence-electron chi connectivity index (χ2n) is 9.63. The SMILES string of the molecule is O=C(C(c1ccccc1)c1ccccc1)N1CC[N+](Cc2ccc(F)cc2)(C(=O)c2ccccc2)CC1. The van der Waals surface area contributed by atoms with Crippen molar-refractivity contribution in [2.75, 3.05) is 26.2 Å². The summed E-state index contributed by atoms with van der Waals surface area (Å²) in [6, 6.07) is 35.4. The molecule has 1 heterocycles. The van der Waals surface area contributed by atoms with Gasteiger partial charge in [-0.05, 0) is 35.4 Å². The molecule has 0 unspecified atom stereocenters. The summed E-state index contributed by atoms with van der Waals surface area (Å²) < 4.78 is 13.8. The Balaban J connectivity index is 1.42. The molecule has 1 saturated heterocycles. The van der Waals surface area contributed by atoms with Crippen molar-refractivity contribution in [1.82, 2.24) is 4.90 Å². The lowest BCUT2D eigenvalue weighted by atomic mass is 9.89. The van der Waals surface area contributed by atoms with Crippen molar-refractivity contribution in [2.24, 2.45) is 0 Å². The van der Waals surface area contributed by atoms with Gasteiger partial charge in [-0.25, -0.2) is 13.7 Å².